The fourth-order valence-corrected chi connectivity index (χ4v) is 2.38. The van der Waals surface area contributed by atoms with E-state index < -0.39 is 0 Å². The quantitative estimate of drug-likeness (QED) is 0.708. The molecule has 0 bridgehead atoms. The van der Waals surface area contributed by atoms with E-state index in [9.17, 15) is 4.79 Å². The zero-order valence-corrected chi connectivity index (χ0v) is 9.41. The van der Waals surface area contributed by atoms with Gasteiger partial charge in [-0.3, -0.25) is 0 Å². The van der Waals surface area contributed by atoms with Gasteiger partial charge in [0.25, 0.3) is 0 Å². The monoisotopic (exact) mass is 222 g/mol. The van der Waals surface area contributed by atoms with Crippen molar-refractivity contribution in [1.29, 1.82) is 0 Å². The fourth-order valence-electron chi connectivity index (χ4n) is 2.26. The summed E-state index contributed by atoms with van der Waals surface area (Å²) in [6, 6.07) is 7.92. The van der Waals surface area contributed by atoms with Crippen molar-refractivity contribution >= 4 is 17.9 Å². The highest BCUT2D eigenvalue weighted by Crippen LogP contribution is 2.40. The van der Waals surface area contributed by atoms with Gasteiger partial charge in [0.2, 0.25) is 0 Å². The molecule has 1 aliphatic rings. The molecule has 0 saturated heterocycles. The van der Waals surface area contributed by atoms with E-state index >= 15 is 0 Å². The predicted molar refractivity (Wildman–Crippen MR) is 62.2 cm³/mol. The molecule has 1 saturated carbocycles. The largest absolute Gasteiger partial charge is 0.303 e. The van der Waals surface area contributed by atoms with E-state index in [1.54, 1.807) is 0 Å². The van der Waals surface area contributed by atoms with Gasteiger partial charge in [0, 0.05) is 11.4 Å². The summed E-state index contributed by atoms with van der Waals surface area (Å²) in [5.74, 6) is 1.12. The van der Waals surface area contributed by atoms with Crippen molar-refractivity contribution in [2.24, 2.45) is 5.92 Å². The lowest BCUT2D eigenvalue weighted by Gasteiger charge is -2.33. The van der Waals surface area contributed by atoms with Crippen LogP contribution in [0.5, 0.6) is 0 Å². The smallest absolute Gasteiger partial charge is 0.120 e. The van der Waals surface area contributed by atoms with E-state index in [2.05, 4.69) is 12.1 Å². The Morgan fingerprint density at radius 2 is 2.00 bits per heavy atom. The first kappa shape index (κ1) is 10.7. The standard InChI is InChI=1S/C13H15ClO/c14-12-6-4-11(5-7-12)13(8-9-15)10-2-1-3-10/h4-7,9-10,13H,1-3,8H2. The molecule has 0 aromatic heterocycles. The second kappa shape index (κ2) is 4.80. The Morgan fingerprint density at radius 1 is 1.33 bits per heavy atom. The number of hydrogen-bond donors (Lipinski definition) is 0. The third kappa shape index (κ3) is 2.40. The van der Waals surface area contributed by atoms with Crippen LogP contribution in [0.4, 0.5) is 0 Å². The molecule has 1 unspecified atom stereocenters. The molecule has 1 aliphatic carbocycles. The summed E-state index contributed by atoms with van der Waals surface area (Å²) in [6.45, 7) is 0. The second-order valence-electron chi connectivity index (χ2n) is 4.25. The maximum atomic E-state index is 10.7. The van der Waals surface area contributed by atoms with Crippen LogP contribution in [0.1, 0.15) is 37.2 Å². The molecule has 1 nitrogen and oxygen atoms in total. The summed E-state index contributed by atoms with van der Waals surface area (Å²) in [5, 5.41) is 0.761. The molecule has 0 radical (unpaired) electrons. The number of carbonyl (C=O) groups is 1. The Balaban J connectivity index is 2.15. The summed E-state index contributed by atoms with van der Waals surface area (Å²) in [7, 11) is 0. The lowest BCUT2D eigenvalue weighted by atomic mass is 9.72. The second-order valence-corrected chi connectivity index (χ2v) is 4.69. The molecule has 1 aromatic carbocycles. The Bertz CT molecular complexity index is 327. The van der Waals surface area contributed by atoms with E-state index in [0.717, 1.165) is 11.3 Å². The molecule has 0 aliphatic heterocycles. The summed E-state index contributed by atoms with van der Waals surface area (Å²) >= 11 is 5.85. The highest BCUT2D eigenvalue weighted by molar-refractivity contribution is 6.30. The van der Waals surface area contributed by atoms with E-state index in [0.29, 0.717) is 18.3 Å². The minimum Gasteiger partial charge on any atom is -0.303 e. The topological polar surface area (TPSA) is 17.1 Å². The number of aldehydes is 1. The van der Waals surface area contributed by atoms with Gasteiger partial charge in [-0.1, -0.05) is 30.2 Å². The summed E-state index contributed by atoms with van der Waals surface area (Å²) < 4.78 is 0. The molecular weight excluding hydrogens is 208 g/mol. The Hall–Kier alpha value is -0.820. The normalized spacial score (nSPS) is 18.2. The zero-order valence-electron chi connectivity index (χ0n) is 8.66. The Labute approximate surface area is 95.4 Å². The van der Waals surface area contributed by atoms with Gasteiger partial charge >= 0.3 is 0 Å². The first-order valence-corrected chi connectivity index (χ1v) is 5.88. The number of hydrogen-bond acceptors (Lipinski definition) is 1. The number of benzene rings is 1. The van der Waals surface area contributed by atoms with Crippen molar-refractivity contribution in [3.63, 3.8) is 0 Å². The third-order valence-corrected chi connectivity index (χ3v) is 3.62. The maximum Gasteiger partial charge on any atom is 0.120 e. The number of halogens is 1. The Kier molecular flexibility index (Phi) is 3.42. The highest BCUT2D eigenvalue weighted by Gasteiger charge is 2.27. The minimum atomic E-state index is 0.411. The molecule has 1 fully saturated rings. The van der Waals surface area contributed by atoms with E-state index in [1.807, 2.05) is 12.1 Å². The zero-order chi connectivity index (χ0) is 10.7. The molecule has 1 atom stereocenters. The molecule has 1 aromatic rings. The molecule has 2 rings (SSSR count). The van der Waals surface area contributed by atoms with Crippen molar-refractivity contribution < 1.29 is 4.79 Å². The van der Waals surface area contributed by atoms with E-state index in [1.165, 1.54) is 24.8 Å². The first-order chi connectivity index (χ1) is 7.31. The molecule has 80 valence electrons. The van der Waals surface area contributed by atoms with Gasteiger partial charge in [-0.2, -0.15) is 0 Å². The molecule has 2 heteroatoms. The first-order valence-electron chi connectivity index (χ1n) is 5.50. The molecular formula is C13H15ClO. The summed E-state index contributed by atoms with van der Waals surface area (Å²) in [5.41, 5.74) is 1.26. The van der Waals surface area contributed by atoms with Crippen LogP contribution in [0.3, 0.4) is 0 Å². The van der Waals surface area contributed by atoms with Crippen LogP contribution in [0, 0.1) is 5.92 Å². The van der Waals surface area contributed by atoms with Gasteiger partial charge in [0.1, 0.15) is 6.29 Å². The van der Waals surface area contributed by atoms with Gasteiger partial charge in [0.05, 0.1) is 0 Å². The van der Waals surface area contributed by atoms with Crippen molar-refractivity contribution in [1.82, 2.24) is 0 Å². The average molecular weight is 223 g/mol. The summed E-state index contributed by atoms with van der Waals surface area (Å²) in [4.78, 5) is 10.7. The van der Waals surface area contributed by atoms with Crippen LogP contribution >= 0.6 is 11.6 Å². The van der Waals surface area contributed by atoms with E-state index in [-0.39, 0.29) is 0 Å². The van der Waals surface area contributed by atoms with Crippen molar-refractivity contribution in [3.05, 3.63) is 34.9 Å². The van der Waals surface area contributed by atoms with Gasteiger partial charge < -0.3 is 4.79 Å². The average Bonchev–Trinajstić information content (AvgIpc) is 2.16. The lowest BCUT2D eigenvalue weighted by Crippen LogP contribution is -2.20. The molecule has 0 N–H and O–H groups in total. The van der Waals surface area contributed by atoms with Gasteiger partial charge in [0.15, 0.2) is 0 Å². The SMILES string of the molecule is O=CCC(c1ccc(Cl)cc1)C1CCC1. The van der Waals surface area contributed by atoms with Crippen molar-refractivity contribution in [2.75, 3.05) is 0 Å². The number of rotatable bonds is 4. The molecule has 0 heterocycles. The van der Waals surface area contributed by atoms with Crippen LogP contribution in [0.25, 0.3) is 0 Å². The van der Waals surface area contributed by atoms with Crippen LogP contribution in [-0.2, 0) is 4.79 Å². The number of carbonyl (C=O) groups excluding carboxylic acids is 1. The maximum absolute atomic E-state index is 10.7. The predicted octanol–water partition coefficient (Wildman–Crippen LogP) is 3.81. The lowest BCUT2D eigenvalue weighted by molar-refractivity contribution is -0.108. The Morgan fingerprint density at radius 3 is 2.47 bits per heavy atom. The van der Waals surface area contributed by atoms with Crippen molar-refractivity contribution in [3.8, 4) is 0 Å². The molecule has 0 spiro atoms. The third-order valence-electron chi connectivity index (χ3n) is 3.37. The van der Waals surface area contributed by atoms with Gasteiger partial charge in [-0.25, -0.2) is 0 Å². The van der Waals surface area contributed by atoms with Crippen LogP contribution in [-0.4, -0.2) is 6.29 Å². The fraction of sp³-hybridized carbons (Fsp3) is 0.462. The molecule has 0 amide bonds. The van der Waals surface area contributed by atoms with E-state index in [4.69, 9.17) is 11.6 Å². The van der Waals surface area contributed by atoms with Crippen LogP contribution in [0.15, 0.2) is 24.3 Å². The highest BCUT2D eigenvalue weighted by atomic mass is 35.5. The minimum absolute atomic E-state index is 0.411. The summed E-state index contributed by atoms with van der Waals surface area (Å²) in [6.07, 6.45) is 5.53. The van der Waals surface area contributed by atoms with Crippen LogP contribution < -0.4 is 0 Å². The van der Waals surface area contributed by atoms with Crippen molar-refractivity contribution in [2.45, 2.75) is 31.6 Å². The van der Waals surface area contributed by atoms with Gasteiger partial charge in [-0.15, -0.1) is 0 Å². The molecule has 15 heavy (non-hydrogen) atoms. The van der Waals surface area contributed by atoms with Crippen LogP contribution in [0.2, 0.25) is 5.02 Å². The van der Waals surface area contributed by atoms with Gasteiger partial charge in [-0.05, 0) is 42.4 Å².